The molecule has 0 aromatic heterocycles. The van der Waals surface area contributed by atoms with Crippen LogP contribution in [-0.4, -0.2) is 36.7 Å². The van der Waals surface area contributed by atoms with Gasteiger partial charge in [0.05, 0.1) is 19.0 Å². The predicted octanol–water partition coefficient (Wildman–Crippen LogP) is 4.11. The highest BCUT2D eigenvalue weighted by atomic mass is 32.7. The van der Waals surface area contributed by atoms with Crippen molar-refractivity contribution in [2.75, 3.05) is 30.7 Å². The Labute approximate surface area is 125 Å². The number of esters is 1. The Morgan fingerprint density at radius 3 is 2.26 bits per heavy atom. The summed E-state index contributed by atoms with van der Waals surface area (Å²) in [5.41, 5.74) is 0. The highest BCUT2D eigenvalue weighted by Crippen LogP contribution is 2.57. The van der Waals surface area contributed by atoms with E-state index in [-0.39, 0.29) is 5.97 Å². The van der Waals surface area contributed by atoms with Crippen LogP contribution in [-0.2, 0) is 18.6 Å². The molecule has 0 aliphatic heterocycles. The molecule has 0 saturated heterocycles. The third-order valence-corrected chi connectivity index (χ3v) is 7.10. The average Bonchev–Trinajstić information content (AvgIpc) is 2.30. The van der Waals surface area contributed by atoms with E-state index in [4.69, 9.17) is 9.26 Å². The van der Waals surface area contributed by atoms with Gasteiger partial charge in [-0.25, -0.2) is 0 Å². The second kappa shape index (κ2) is 10.1. The third-order valence-electron chi connectivity index (χ3n) is 1.81. The monoisotopic (exact) mass is 328 g/mol. The topological polar surface area (TPSA) is 52.6 Å². The van der Waals surface area contributed by atoms with Crippen LogP contribution in [0.5, 0.6) is 0 Å². The molecule has 0 N–H and O–H groups in total. The number of hydrogen-bond donors (Lipinski definition) is 0. The van der Waals surface area contributed by atoms with Crippen LogP contribution in [0, 0.1) is 11.8 Å². The van der Waals surface area contributed by atoms with Crippen molar-refractivity contribution < 1.29 is 18.6 Å². The second-order valence-corrected chi connectivity index (χ2v) is 11.6. The number of thioether (sulfide) groups is 1. The van der Waals surface area contributed by atoms with Crippen LogP contribution in [0.4, 0.5) is 0 Å². The summed E-state index contributed by atoms with van der Waals surface area (Å²) >= 11 is 2.69. The van der Waals surface area contributed by atoms with E-state index in [1.54, 1.807) is 6.66 Å². The van der Waals surface area contributed by atoms with Gasteiger partial charge in [0, 0.05) is 11.7 Å². The Morgan fingerprint density at radius 2 is 1.74 bits per heavy atom. The van der Waals surface area contributed by atoms with E-state index in [0.717, 1.165) is 0 Å². The molecule has 7 heteroatoms. The van der Waals surface area contributed by atoms with Gasteiger partial charge in [-0.2, -0.15) is 0 Å². The lowest BCUT2D eigenvalue weighted by atomic mass is 10.2. The Balaban J connectivity index is 3.67. The van der Waals surface area contributed by atoms with Crippen LogP contribution in [0.2, 0.25) is 0 Å². The van der Waals surface area contributed by atoms with Crippen molar-refractivity contribution in [2.24, 2.45) is 11.8 Å². The average molecular weight is 328 g/mol. The van der Waals surface area contributed by atoms with Crippen molar-refractivity contribution in [1.82, 2.24) is 0 Å². The van der Waals surface area contributed by atoms with E-state index in [2.05, 4.69) is 0 Å². The Morgan fingerprint density at radius 1 is 1.16 bits per heavy atom. The molecule has 0 fully saturated rings. The molecule has 0 heterocycles. The van der Waals surface area contributed by atoms with Crippen molar-refractivity contribution in [3.63, 3.8) is 0 Å². The summed E-state index contributed by atoms with van der Waals surface area (Å²) in [7, 11) is 0. The quantitative estimate of drug-likeness (QED) is 0.260. The second-order valence-electron chi connectivity index (χ2n) is 5.13. The SMILES string of the molecule is CC(C)COC(=O)CSCSP(C)(=O)OCC(C)C. The van der Waals surface area contributed by atoms with Gasteiger partial charge < -0.3 is 9.26 Å². The van der Waals surface area contributed by atoms with Gasteiger partial charge in [-0.05, 0) is 11.8 Å². The van der Waals surface area contributed by atoms with Gasteiger partial charge in [-0.15, -0.1) is 11.8 Å². The zero-order valence-electron chi connectivity index (χ0n) is 12.4. The van der Waals surface area contributed by atoms with Crippen LogP contribution < -0.4 is 0 Å². The normalized spacial score (nSPS) is 14.7. The molecule has 0 amide bonds. The molecular weight excluding hydrogens is 303 g/mol. The highest BCUT2D eigenvalue weighted by molar-refractivity contribution is 8.58. The number of carbonyl (C=O) groups is 1. The lowest BCUT2D eigenvalue weighted by Gasteiger charge is -2.14. The van der Waals surface area contributed by atoms with E-state index < -0.39 is 6.57 Å². The minimum atomic E-state index is -2.59. The van der Waals surface area contributed by atoms with Crippen molar-refractivity contribution >= 4 is 35.7 Å². The van der Waals surface area contributed by atoms with Crippen molar-refractivity contribution in [3.8, 4) is 0 Å². The molecule has 0 aromatic carbocycles. The molecule has 0 aliphatic rings. The Hall–Kier alpha value is 0.360. The molecule has 0 saturated carbocycles. The maximum Gasteiger partial charge on any atom is 0.315 e. The fourth-order valence-corrected chi connectivity index (χ4v) is 5.97. The van der Waals surface area contributed by atoms with Crippen LogP contribution in [0.1, 0.15) is 27.7 Å². The van der Waals surface area contributed by atoms with E-state index in [1.807, 2.05) is 27.7 Å². The Kier molecular flexibility index (Phi) is 10.3. The summed E-state index contributed by atoms with van der Waals surface area (Å²) < 4.78 is 22.4. The first-order valence-corrected chi connectivity index (χ1v) is 11.1. The molecule has 0 aliphatic carbocycles. The van der Waals surface area contributed by atoms with Gasteiger partial charge in [0.25, 0.3) is 6.57 Å². The molecule has 19 heavy (non-hydrogen) atoms. The standard InChI is InChI=1S/C12H25O4PS2/c1-10(2)6-15-12(13)8-18-9-19-17(5,14)16-7-11(3)4/h10-11H,6-9H2,1-5H3. The maximum absolute atomic E-state index is 12.0. The highest BCUT2D eigenvalue weighted by Gasteiger charge is 2.17. The molecule has 0 rings (SSSR count). The van der Waals surface area contributed by atoms with Crippen molar-refractivity contribution in [2.45, 2.75) is 27.7 Å². The lowest BCUT2D eigenvalue weighted by Crippen LogP contribution is -2.11. The van der Waals surface area contributed by atoms with Gasteiger partial charge >= 0.3 is 5.97 Å². The summed E-state index contributed by atoms with van der Waals surface area (Å²) in [6.07, 6.45) is 0. The van der Waals surface area contributed by atoms with E-state index in [0.29, 0.717) is 35.9 Å². The van der Waals surface area contributed by atoms with E-state index >= 15 is 0 Å². The summed E-state index contributed by atoms with van der Waals surface area (Å²) in [6, 6.07) is 0. The first kappa shape index (κ1) is 19.4. The van der Waals surface area contributed by atoms with E-state index in [1.165, 1.54) is 23.1 Å². The first-order chi connectivity index (χ1) is 8.73. The largest absolute Gasteiger partial charge is 0.465 e. The maximum atomic E-state index is 12.0. The van der Waals surface area contributed by atoms with Gasteiger partial charge in [0.15, 0.2) is 0 Å². The van der Waals surface area contributed by atoms with E-state index in [9.17, 15) is 9.36 Å². The minimum absolute atomic E-state index is 0.215. The predicted molar refractivity (Wildman–Crippen MR) is 85.0 cm³/mol. The summed E-state index contributed by atoms with van der Waals surface area (Å²) in [5, 5.41) is 0.572. The number of hydrogen-bond acceptors (Lipinski definition) is 6. The van der Waals surface area contributed by atoms with Gasteiger partial charge in [-0.1, -0.05) is 39.1 Å². The molecule has 1 unspecified atom stereocenters. The fraction of sp³-hybridized carbons (Fsp3) is 0.917. The van der Waals surface area contributed by atoms with Crippen LogP contribution in [0.25, 0.3) is 0 Å². The van der Waals surface area contributed by atoms with Crippen molar-refractivity contribution in [1.29, 1.82) is 0 Å². The summed E-state index contributed by atoms with van der Waals surface area (Å²) in [5.74, 6) is 0.800. The number of carbonyl (C=O) groups excluding carboxylic acids is 1. The zero-order valence-corrected chi connectivity index (χ0v) is 14.9. The molecular formula is C12H25O4PS2. The van der Waals surface area contributed by atoms with Gasteiger partial charge in [-0.3, -0.25) is 9.36 Å². The molecule has 0 spiro atoms. The Bertz CT molecular complexity index is 308. The summed E-state index contributed by atoms with van der Waals surface area (Å²) in [6.45, 7) is 8.01. The molecule has 0 bridgehead atoms. The minimum Gasteiger partial charge on any atom is -0.465 e. The first-order valence-electron chi connectivity index (χ1n) is 6.33. The smallest absolute Gasteiger partial charge is 0.315 e. The molecule has 1 atom stereocenters. The van der Waals surface area contributed by atoms with Gasteiger partial charge in [0.1, 0.15) is 0 Å². The van der Waals surface area contributed by atoms with Crippen molar-refractivity contribution in [3.05, 3.63) is 0 Å². The molecule has 0 radical (unpaired) electrons. The summed E-state index contributed by atoms with van der Waals surface area (Å²) in [4.78, 5) is 11.3. The lowest BCUT2D eigenvalue weighted by molar-refractivity contribution is -0.141. The van der Waals surface area contributed by atoms with Crippen LogP contribution >= 0.6 is 29.7 Å². The number of rotatable bonds is 10. The van der Waals surface area contributed by atoms with Crippen LogP contribution in [0.3, 0.4) is 0 Å². The molecule has 4 nitrogen and oxygen atoms in total. The van der Waals surface area contributed by atoms with Gasteiger partial charge in [0.2, 0.25) is 0 Å². The van der Waals surface area contributed by atoms with Crippen LogP contribution in [0.15, 0.2) is 0 Å². The fourth-order valence-electron chi connectivity index (χ4n) is 0.881. The number of ether oxygens (including phenoxy) is 1. The zero-order chi connectivity index (χ0) is 14.9. The third kappa shape index (κ3) is 13.1. The molecule has 0 aromatic rings. The molecule has 114 valence electrons.